The van der Waals surface area contributed by atoms with Gasteiger partial charge >= 0.3 is 0 Å². The molecule has 0 bridgehead atoms. The molecule has 0 aliphatic heterocycles. The maximum Gasteiger partial charge on any atom is 0.292 e. The molecule has 0 saturated heterocycles. The molecular formula is C11H15BrN2O2S. The molecule has 0 atom stereocenters. The van der Waals surface area contributed by atoms with E-state index in [0.717, 1.165) is 17.9 Å². The first-order chi connectivity index (χ1) is 8.10. The molecule has 0 fully saturated rings. The molecule has 0 aliphatic carbocycles. The van der Waals surface area contributed by atoms with Gasteiger partial charge in [-0.1, -0.05) is 22.0 Å². The van der Waals surface area contributed by atoms with E-state index in [-0.39, 0.29) is 10.6 Å². The lowest BCUT2D eigenvalue weighted by Crippen LogP contribution is -2.21. The second-order valence-corrected chi connectivity index (χ2v) is 5.17. The Morgan fingerprint density at radius 3 is 2.76 bits per heavy atom. The summed E-state index contributed by atoms with van der Waals surface area (Å²) in [5.41, 5.74) is 1.76. The molecule has 4 nitrogen and oxygen atoms in total. The van der Waals surface area contributed by atoms with Crippen LogP contribution in [0.2, 0.25) is 0 Å². The molecule has 0 radical (unpaired) electrons. The summed E-state index contributed by atoms with van der Waals surface area (Å²) in [5.74, 6) is 0.952. The Morgan fingerprint density at radius 1 is 1.53 bits per heavy atom. The van der Waals surface area contributed by atoms with Crippen LogP contribution in [-0.4, -0.2) is 30.5 Å². The minimum absolute atomic E-state index is 0.172. The van der Waals surface area contributed by atoms with Crippen molar-refractivity contribution in [3.63, 3.8) is 0 Å². The molecule has 0 aromatic heterocycles. The van der Waals surface area contributed by atoms with Gasteiger partial charge in [-0.15, -0.1) is 0 Å². The monoisotopic (exact) mass is 318 g/mol. The smallest absolute Gasteiger partial charge is 0.292 e. The van der Waals surface area contributed by atoms with Crippen LogP contribution >= 0.6 is 27.7 Å². The number of nitro groups is 1. The highest BCUT2D eigenvalue weighted by Gasteiger charge is 2.17. The first-order valence-corrected chi connectivity index (χ1v) is 7.65. The Hall–Kier alpha value is -0.750. The number of hydrogen-bond acceptors (Lipinski definition) is 4. The summed E-state index contributed by atoms with van der Waals surface area (Å²) < 4.78 is 0. The lowest BCUT2D eigenvalue weighted by molar-refractivity contribution is -0.384. The summed E-state index contributed by atoms with van der Waals surface area (Å²) in [7, 11) is 1.88. The number of rotatable bonds is 6. The molecule has 0 saturated carbocycles. The topological polar surface area (TPSA) is 46.4 Å². The lowest BCUT2D eigenvalue weighted by Gasteiger charge is -2.18. The maximum absolute atomic E-state index is 11.0. The van der Waals surface area contributed by atoms with E-state index in [4.69, 9.17) is 0 Å². The van der Waals surface area contributed by atoms with Crippen LogP contribution < -0.4 is 4.90 Å². The predicted molar refractivity (Wildman–Crippen MR) is 77.4 cm³/mol. The van der Waals surface area contributed by atoms with E-state index in [1.807, 2.05) is 30.3 Å². The van der Waals surface area contributed by atoms with Gasteiger partial charge in [-0.05, 0) is 17.9 Å². The zero-order valence-corrected chi connectivity index (χ0v) is 12.3. The normalized spacial score (nSPS) is 10.3. The fraction of sp³-hybridized carbons (Fsp3) is 0.455. The van der Waals surface area contributed by atoms with Gasteiger partial charge in [-0.3, -0.25) is 10.1 Å². The van der Waals surface area contributed by atoms with E-state index in [9.17, 15) is 10.1 Å². The van der Waals surface area contributed by atoms with Gasteiger partial charge in [0, 0.05) is 30.7 Å². The molecule has 94 valence electrons. The molecule has 0 amide bonds. The van der Waals surface area contributed by atoms with E-state index in [2.05, 4.69) is 15.9 Å². The largest absolute Gasteiger partial charge is 0.368 e. The van der Waals surface area contributed by atoms with E-state index >= 15 is 0 Å². The highest BCUT2D eigenvalue weighted by atomic mass is 79.9. The summed E-state index contributed by atoms with van der Waals surface area (Å²) in [5, 5.41) is 11.7. The summed E-state index contributed by atoms with van der Waals surface area (Å²) >= 11 is 5.03. The van der Waals surface area contributed by atoms with Crippen LogP contribution in [0.15, 0.2) is 18.2 Å². The summed E-state index contributed by atoms with van der Waals surface area (Å²) in [6, 6.07) is 5.35. The second kappa shape index (κ2) is 6.86. The van der Waals surface area contributed by atoms with Crippen LogP contribution in [0.1, 0.15) is 5.56 Å². The molecule has 0 spiro atoms. The minimum atomic E-state index is -0.322. The van der Waals surface area contributed by atoms with Crippen LogP contribution in [-0.2, 0) is 5.33 Å². The molecule has 0 N–H and O–H groups in total. The molecule has 1 rings (SSSR count). The van der Waals surface area contributed by atoms with Gasteiger partial charge in [0.05, 0.1) is 4.92 Å². The van der Waals surface area contributed by atoms with Gasteiger partial charge in [0.2, 0.25) is 0 Å². The van der Waals surface area contributed by atoms with E-state index in [0.29, 0.717) is 11.0 Å². The fourth-order valence-electron chi connectivity index (χ4n) is 1.47. The number of nitrogens with zero attached hydrogens (tertiary/aromatic N) is 2. The van der Waals surface area contributed by atoms with Crippen LogP contribution in [0.4, 0.5) is 11.4 Å². The van der Waals surface area contributed by atoms with E-state index in [1.165, 1.54) is 0 Å². The van der Waals surface area contributed by atoms with Crippen LogP contribution in [0, 0.1) is 10.1 Å². The van der Waals surface area contributed by atoms with E-state index in [1.54, 1.807) is 17.8 Å². The van der Waals surface area contributed by atoms with E-state index < -0.39 is 0 Å². The SMILES string of the molecule is CSCCN(C)c1ccc(CBr)cc1[N+](=O)[O-]. The predicted octanol–water partition coefficient (Wildman–Crippen LogP) is 3.29. The van der Waals surface area contributed by atoms with Gasteiger partial charge in [-0.2, -0.15) is 11.8 Å². The van der Waals surface area contributed by atoms with Crippen molar-refractivity contribution in [3.8, 4) is 0 Å². The van der Waals surface area contributed by atoms with Crippen LogP contribution in [0.3, 0.4) is 0 Å². The van der Waals surface area contributed by atoms with Gasteiger partial charge in [0.15, 0.2) is 0 Å². The zero-order valence-electron chi connectivity index (χ0n) is 9.85. The molecule has 1 aromatic rings. The van der Waals surface area contributed by atoms with Gasteiger partial charge in [-0.25, -0.2) is 0 Å². The second-order valence-electron chi connectivity index (χ2n) is 3.63. The number of anilines is 1. The lowest BCUT2D eigenvalue weighted by atomic mass is 10.2. The molecule has 6 heteroatoms. The van der Waals surface area contributed by atoms with Crippen molar-refractivity contribution in [1.29, 1.82) is 0 Å². The van der Waals surface area contributed by atoms with Crippen molar-refractivity contribution in [2.24, 2.45) is 0 Å². The number of thioether (sulfide) groups is 1. The molecule has 0 heterocycles. The third kappa shape index (κ3) is 3.89. The third-order valence-corrected chi connectivity index (χ3v) is 3.67. The van der Waals surface area contributed by atoms with Crippen molar-refractivity contribution in [2.45, 2.75) is 5.33 Å². The summed E-state index contributed by atoms with van der Waals surface area (Å²) in [4.78, 5) is 12.6. The fourth-order valence-corrected chi connectivity index (χ4v) is 2.28. The number of alkyl halides is 1. The number of halogens is 1. The van der Waals surface area contributed by atoms with Gasteiger partial charge < -0.3 is 4.90 Å². The Balaban J connectivity index is 3.01. The molecule has 1 aromatic carbocycles. The molecule has 0 aliphatic rings. The maximum atomic E-state index is 11.0. The summed E-state index contributed by atoms with van der Waals surface area (Å²) in [6.07, 6.45) is 2.02. The Kier molecular flexibility index (Phi) is 5.77. The molecule has 17 heavy (non-hydrogen) atoms. The average molecular weight is 319 g/mol. The first-order valence-electron chi connectivity index (χ1n) is 5.13. The Bertz CT molecular complexity index is 401. The number of hydrogen-bond donors (Lipinski definition) is 0. The van der Waals surface area contributed by atoms with Crippen molar-refractivity contribution in [2.75, 3.05) is 30.5 Å². The van der Waals surface area contributed by atoms with Gasteiger partial charge in [0.25, 0.3) is 5.69 Å². The highest BCUT2D eigenvalue weighted by Crippen LogP contribution is 2.29. The van der Waals surface area contributed by atoms with Crippen molar-refractivity contribution < 1.29 is 4.92 Å². The van der Waals surface area contributed by atoms with Crippen LogP contribution in [0.5, 0.6) is 0 Å². The third-order valence-electron chi connectivity index (χ3n) is 2.43. The van der Waals surface area contributed by atoms with Crippen molar-refractivity contribution >= 4 is 39.1 Å². The summed E-state index contributed by atoms with van der Waals surface area (Å²) in [6.45, 7) is 0.801. The van der Waals surface area contributed by atoms with Gasteiger partial charge in [0.1, 0.15) is 5.69 Å². The Morgan fingerprint density at radius 2 is 2.24 bits per heavy atom. The average Bonchev–Trinajstić information content (AvgIpc) is 2.35. The molecular weight excluding hydrogens is 304 g/mol. The number of nitro benzene ring substituents is 1. The molecule has 0 unspecified atom stereocenters. The van der Waals surface area contributed by atoms with Crippen LogP contribution in [0.25, 0.3) is 0 Å². The zero-order chi connectivity index (χ0) is 12.8. The minimum Gasteiger partial charge on any atom is -0.368 e. The first kappa shape index (κ1) is 14.3. The Labute approximate surface area is 114 Å². The standard InChI is InChI=1S/C11H15BrN2O2S/c1-13(5-6-17-2)10-4-3-9(8-12)7-11(10)14(15)16/h3-4,7H,5-6,8H2,1-2H3. The quantitative estimate of drug-likeness (QED) is 0.458. The van der Waals surface area contributed by atoms with Crippen molar-refractivity contribution in [3.05, 3.63) is 33.9 Å². The highest BCUT2D eigenvalue weighted by molar-refractivity contribution is 9.08. The van der Waals surface area contributed by atoms with Crippen molar-refractivity contribution in [1.82, 2.24) is 0 Å². The number of benzene rings is 1.